The topological polar surface area (TPSA) is 116 Å². The number of amides is 3. The van der Waals surface area contributed by atoms with Gasteiger partial charge >= 0.3 is 0 Å². The Bertz CT molecular complexity index is 1300. The van der Waals surface area contributed by atoms with E-state index in [2.05, 4.69) is 15.6 Å². The summed E-state index contributed by atoms with van der Waals surface area (Å²) in [6, 6.07) is 10.3. The van der Waals surface area contributed by atoms with E-state index in [0.717, 1.165) is 16.8 Å². The summed E-state index contributed by atoms with van der Waals surface area (Å²) in [5, 5.41) is 10.8. The Balaban J connectivity index is 1.26. The maximum Gasteiger partial charge on any atom is 0.255 e. The van der Waals surface area contributed by atoms with Crippen LogP contribution in [0.2, 0.25) is 0 Å². The van der Waals surface area contributed by atoms with E-state index in [1.165, 1.54) is 4.90 Å². The highest BCUT2D eigenvalue weighted by Crippen LogP contribution is 2.35. The zero-order chi connectivity index (χ0) is 21.8. The van der Waals surface area contributed by atoms with Crippen LogP contribution in [0.5, 0.6) is 11.5 Å². The van der Waals surface area contributed by atoms with E-state index in [9.17, 15) is 14.4 Å². The molecule has 3 aliphatic rings. The van der Waals surface area contributed by atoms with Gasteiger partial charge in [-0.15, -0.1) is 5.10 Å². The summed E-state index contributed by atoms with van der Waals surface area (Å²) >= 11 is 0. The number of imide groups is 1. The number of nitrogens with zero attached hydrogens (tertiary/aromatic N) is 4. The van der Waals surface area contributed by atoms with E-state index < -0.39 is 11.9 Å². The number of carbonyl (C=O) groups is 3. The summed E-state index contributed by atoms with van der Waals surface area (Å²) in [6.45, 7) is 0.507. The molecule has 4 heterocycles. The van der Waals surface area contributed by atoms with Gasteiger partial charge in [0.2, 0.25) is 18.6 Å². The van der Waals surface area contributed by atoms with Crippen molar-refractivity contribution >= 4 is 17.7 Å². The van der Waals surface area contributed by atoms with Crippen LogP contribution in [-0.2, 0) is 16.1 Å². The molecule has 1 atom stereocenters. The van der Waals surface area contributed by atoms with Crippen molar-refractivity contribution in [2.45, 2.75) is 25.4 Å². The standard InChI is InChI=1S/C22H17N5O5/c28-20-6-4-17(21(29)23-20)26-9-13-7-14(2-3-15(13)22(26)30)27-10-16(24-25-27)12-1-5-18-19(8-12)32-11-31-18/h1-3,5,7-8,10,17H,4,6,9,11H2,(H,23,28,29). The Morgan fingerprint density at radius 2 is 1.91 bits per heavy atom. The highest BCUT2D eigenvalue weighted by atomic mass is 16.7. The third kappa shape index (κ3) is 2.91. The molecule has 1 fully saturated rings. The molecular formula is C22H17N5O5. The van der Waals surface area contributed by atoms with Gasteiger partial charge in [-0.3, -0.25) is 19.7 Å². The number of benzene rings is 2. The predicted octanol–water partition coefficient (Wildman–Crippen LogP) is 1.42. The van der Waals surface area contributed by atoms with Gasteiger partial charge in [-0.25, -0.2) is 4.68 Å². The Labute approximate surface area is 181 Å². The van der Waals surface area contributed by atoms with Gasteiger partial charge in [-0.2, -0.15) is 0 Å². The average molecular weight is 431 g/mol. The van der Waals surface area contributed by atoms with Crippen molar-refractivity contribution in [3.05, 3.63) is 53.7 Å². The van der Waals surface area contributed by atoms with E-state index in [4.69, 9.17) is 9.47 Å². The summed E-state index contributed by atoms with van der Waals surface area (Å²) < 4.78 is 12.4. The lowest BCUT2D eigenvalue weighted by Gasteiger charge is -2.29. The number of aromatic nitrogens is 3. The van der Waals surface area contributed by atoms with Crippen LogP contribution in [-0.4, -0.2) is 50.5 Å². The normalized spacial score (nSPS) is 19.3. The van der Waals surface area contributed by atoms with Crippen molar-refractivity contribution in [3.63, 3.8) is 0 Å². The Morgan fingerprint density at radius 1 is 1.03 bits per heavy atom. The van der Waals surface area contributed by atoms with Crippen LogP contribution in [0.4, 0.5) is 0 Å². The van der Waals surface area contributed by atoms with Gasteiger partial charge in [0.05, 0.1) is 11.9 Å². The maximum absolute atomic E-state index is 12.9. The molecule has 0 saturated carbocycles. The molecule has 1 N–H and O–H groups in total. The van der Waals surface area contributed by atoms with Gasteiger partial charge in [0.1, 0.15) is 11.7 Å². The number of rotatable bonds is 3. The van der Waals surface area contributed by atoms with E-state index in [-0.39, 0.29) is 25.0 Å². The Morgan fingerprint density at radius 3 is 2.78 bits per heavy atom. The fourth-order valence-corrected chi connectivity index (χ4v) is 4.28. The van der Waals surface area contributed by atoms with Crippen LogP contribution >= 0.6 is 0 Å². The molecular weight excluding hydrogens is 414 g/mol. The highest BCUT2D eigenvalue weighted by Gasteiger charge is 2.39. The molecule has 3 amide bonds. The Kier molecular flexibility index (Phi) is 4.00. The minimum atomic E-state index is -0.639. The summed E-state index contributed by atoms with van der Waals surface area (Å²) in [4.78, 5) is 38.0. The minimum Gasteiger partial charge on any atom is -0.454 e. The lowest BCUT2D eigenvalue weighted by Crippen LogP contribution is -2.52. The van der Waals surface area contributed by atoms with Crippen molar-refractivity contribution in [3.8, 4) is 28.4 Å². The molecule has 3 aliphatic heterocycles. The first-order valence-corrected chi connectivity index (χ1v) is 10.2. The molecule has 0 aliphatic carbocycles. The van der Waals surface area contributed by atoms with Crippen LogP contribution in [0.3, 0.4) is 0 Å². The van der Waals surface area contributed by atoms with E-state index in [1.54, 1.807) is 23.0 Å². The van der Waals surface area contributed by atoms with Gasteiger partial charge in [0, 0.05) is 24.1 Å². The van der Waals surface area contributed by atoms with Gasteiger partial charge in [-0.05, 0) is 48.4 Å². The third-order valence-corrected chi connectivity index (χ3v) is 5.93. The molecule has 3 aromatic rings. The summed E-state index contributed by atoms with van der Waals surface area (Å²) in [5.41, 5.74) is 3.62. The van der Waals surface area contributed by atoms with Gasteiger partial charge < -0.3 is 14.4 Å². The fourth-order valence-electron chi connectivity index (χ4n) is 4.28. The lowest BCUT2D eigenvalue weighted by molar-refractivity contribution is -0.136. The smallest absolute Gasteiger partial charge is 0.255 e. The van der Waals surface area contributed by atoms with Gasteiger partial charge in [0.15, 0.2) is 11.5 Å². The number of ether oxygens (including phenoxy) is 2. The van der Waals surface area contributed by atoms with E-state index in [1.807, 2.05) is 24.3 Å². The first-order chi connectivity index (χ1) is 15.6. The zero-order valence-corrected chi connectivity index (χ0v) is 16.8. The Hall–Kier alpha value is -4.21. The van der Waals surface area contributed by atoms with Crippen molar-refractivity contribution < 1.29 is 23.9 Å². The second kappa shape index (κ2) is 6.91. The molecule has 10 nitrogen and oxygen atoms in total. The van der Waals surface area contributed by atoms with Crippen molar-refractivity contribution in [1.29, 1.82) is 0 Å². The number of nitrogens with one attached hydrogen (secondary N) is 1. The average Bonchev–Trinajstić information content (AvgIpc) is 3.52. The fraction of sp³-hybridized carbons (Fsp3) is 0.227. The second-order valence-electron chi connectivity index (χ2n) is 7.86. The maximum atomic E-state index is 12.9. The molecule has 160 valence electrons. The highest BCUT2D eigenvalue weighted by molar-refractivity contribution is 6.05. The first-order valence-electron chi connectivity index (χ1n) is 10.2. The van der Waals surface area contributed by atoms with Crippen molar-refractivity contribution in [1.82, 2.24) is 25.2 Å². The summed E-state index contributed by atoms with van der Waals surface area (Å²) in [6.07, 6.45) is 2.36. The van der Waals surface area contributed by atoms with Crippen LogP contribution in [0.15, 0.2) is 42.6 Å². The molecule has 10 heteroatoms. The summed E-state index contributed by atoms with van der Waals surface area (Å²) in [5.74, 6) is 0.432. The first kappa shape index (κ1) is 18.6. The quantitative estimate of drug-likeness (QED) is 0.624. The number of hydrogen-bond acceptors (Lipinski definition) is 7. The number of carbonyl (C=O) groups excluding carboxylic acids is 3. The van der Waals surface area contributed by atoms with E-state index in [0.29, 0.717) is 35.7 Å². The monoisotopic (exact) mass is 431 g/mol. The molecule has 1 unspecified atom stereocenters. The molecule has 0 bridgehead atoms. The number of fused-ring (bicyclic) bond motifs is 2. The molecule has 2 aromatic carbocycles. The molecule has 0 spiro atoms. The van der Waals surface area contributed by atoms with Gasteiger partial charge in [0.25, 0.3) is 5.91 Å². The number of piperidine rings is 1. The van der Waals surface area contributed by atoms with Crippen LogP contribution in [0.1, 0.15) is 28.8 Å². The SMILES string of the molecule is O=C1CCC(N2Cc3cc(-n4cc(-c5ccc6c(c5)OCO6)nn4)ccc3C2=O)C(=O)N1. The molecule has 1 saturated heterocycles. The van der Waals surface area contributed by atoms with E-state index >= 15 is 0 Å². The van der Waals surface area contributed by atoms with Crippen molar-refractivity contribution in [2.75, 3.05) is 6.79 Å². The molecule has 32 heavy (non-hydrogen) atoms. The van der Waals surface area contributed by atoms with Gasteiger partial charge in [-0.1, -0.05) is 5.21 Å². The molecule has 6 rings (SSSR count). The molecule has 0 radical (unpaired) electrons. The van der Waals surface area contributed by atoms with Crippen LogP contribution in [0, 0.1) is 0 Å². The molecule has 1 aromatic heterocycles. The number of hydrogen-bond donors (Lipinski definition) is 1. The lowest BCUT2D eigenvalue weighted by atomic mass is 10.0. The summed E-state index contributed by atoms with van der Waals surface area (Å²) in [7, 11) is 0. The van der Waals surface area contributed by atoms with Crippen LogP contribution < -0.4 is 14.8 Å². The minimum absolute atomic E-state index is 0.204. The van der Waals surface area contributed by atoms with Crippen molar-refractivity contribution in [2.24, 2.45) is 0 Å². The zero-order valence-electron chi connectivity index (χ0n) is 16.8. The van der Waals surface area contributed by atoms with Crippen LogP contribution in [0.25, 0.3) is 16.9 Å². The third-order valence-electron chi connectivity index (χ3n) is 5.93. The predicted molar refractivity (Wildman–Crippen MR) is 109 cm³/mol. The largest absolute Gasteiger partial charge is 0.454 e. The second-order valence-corrected chi connectivity index (χ2v) is 7.86.